The molecule has 0 saturated carbocycles. The largest absolute Gasteiger partial charge is 0.497 e. The van der Waals surface area contributed by atoms with Crippen LogP contribution in [0.4, 0.5) is 5.69 Å². The zero-order chi connectivity index (χ0) is 19.7. The van der Waals surface area contributed by atoms with Crippen LogP contribution >= 0.6 is 12.2 Å². The summed E-state index contributed by atoms with van der Waals surface area (Å²) in [4.78, 5) is 14.9. The first kappa shape index (κ1) is 18.4. The van der Waals surface area contributed by atoms with Gasteiger partial charge in [0.15, 0.2) is 10.6 Å². The number of H-pyrrole nitrogens is 1. The first-order valence-electron chi connectivity index (χ1n) is 9.28. The maximum absolute atomic E-state index is 13.0. The minimum Gasteiger partial charge on any atom is -0.497 e. The number of anilines is 1. The second-order valence-corrected chi connectivity index (χ2v) is 7.31. The molecule has 1 unspecified atom stereocenters. The molecule has 4 rings (SSSR count). The lowest BCUT2D eigenvalue weighted by Gasteiger charge is -2.23. The van der Waals surface area contributed by atoms with Gasteiger partial charge in [0.25, 0.3) is 0 Å². The molecule has 0 spiro atoms. The van der Waals surface area contributed by atoms with Crippen LogP contribution in [0, 0.1) is 4.77 Å². The maximum Gasteiger partial charge on any atom is 0.229 e. The molecule has 7 heteroatoms. The van der Waals surface area contributed by atoms with Crippen molar-refractivity contribution < 1.29 is 9.53 Å². The first-order valence-corrected chi connectivity index (χ1v) is 9.69. The Hall–Kier alpha value is -2.93. The summed E-state index contributed by atoms with van der Waals surface area (Å²) >= 11 is 5.39. The molecular weight excluding hydrogens is 372 g/mol. The average Bonchev–Trinajstić information content (AvgIpc) is 3.25. The summed E-state index contributed by atoms with van der Waals surface area (Å²) in [6.45, 7) is 2.56. The van der Waals surface area contributed by atoms with Crippen LogP contribution in [0.25, 0.3) is 11.4 Å². The van der Waals surface area contributed by atoms with E-state index in [1.807, 2.05) is 51.9 Å². The molecule has 0 aliphatic carbocycles. The number of fused-ring (bicyclic) bond motifs is 1. The van der Waals surface area contributed by atoms with Gasteiger partial charge in [0.05, 0.1) is 7.11 Å². The van der Waals surface area contributed by atoms with Crippen LogP contribution < -0.4 is 9.64 Å². The van der Waals surface area contributed by atoms with E-state index in [1.165, 1.54) is 5.56 Å². The van der Waals surface area contributed by atoms with Gasteiger partial charge in [0.2, 0.25) is 5.91 Å². The van der Waals surface area contributed by atoms with Crippen molar-refractivity contribution in [3.8, 4) is 17.1 Å². The molecule has 2 heterocycles. The van der Waals surface area contributed by atoms with Crippen molar-refractivity contribution in [2.75, 3.05) is 12.0 Å². The highest BCUT2D eigenvalue weighted by Gasteiger charge is 2.30. The molecule has 0 saturated heterocycles. The molecule has 1 atom stereocenters. The van der Waals surface area contributed by atoms with Crippen LogP contribution in [-0.4, -0.2) is 33.8 Å². The van der Waals surface area contributed by atoms with Gasteiger partial charge in [-0.3, -0.25) is 14.5 Å². The number of hydrogen-bond acceptors (Lipinski definition) is 4. The third kappa shape index (κ3) is 3.33. The van der Waals surface area contributed by atoms with Crippen molar-refractivity contribution in [2.24, 2.45) is 0 Å². The van der Waals surface area contributed by atoms with Gasteiger partial charge < -0.3 is 9.64 Å². The van der Waals surface area contributed by atoms with E-state index in [0.29, 0.717) is 17.7 Å². The van der Waals surface area contributed by atoms with Crippen molar-refractivity contribution >= 4 is 23.8 Å². The minimum absolute atomic E-state index is 0.0984. The third-order valence-electron chi connectivity index (χ3n) is 5.13. The van der Waals surface area contributed by atoms with Gasteiger partial charge in [0.1, 0.15) is 5.75 Å². The van der Waals surface area contributed by atoms with Gasteiger partial charge in [-0.05, 0) is 61.5 Å². The van der Waals surface area contributed by atoms with E-state index >= 15 is 0 Å². The van der Waals surface area contributed by atoms with Crippen LogP contribution in [0.2, 0.25) is 0 Å². The Kier molecular flexibility index (Phi) is 5.00. The van der Waals surface area contributed by atoms with Crippen LogP contribution in [0.5, 0.6) is 5.75 Å². The minimum atomic E-state index is 0.0984. The number of aromatic nitrogens is 3. The van der Waals surface area contributed by atoms with Crippen molar-refractivity contribution in [3.05, 3.63) is 58.9 Å². The zero-order valence-electron chi connectivity index (χ0n) is 15.9. The molecule has 6 nitrogen and oxygen atoms in total. The smallest absolute Gasteiger partial charge is 0.229 e. The van der Waals surface area contributed by atoms with Crippen LogP contribution in [0.3, 0.4) is 0 Å². The van der Waals surface area contributed by atoms with E-state index in [9.17, 15) is 4.79 Å². The monoisotopic (exact) mass is 394 g/mol. The number of para-hydroxylation sites is 1. The summed E-state index contributed by atoms with van der Waals surface area (Å²) in [6.07, 6.45) is 1.25. The molecule has 1 amide bonds. The highest BCUT2D eigenvalue weighted by Crippen LogP contribution is 2.32. The number of rotatable bonds is 5. The first-order chi connectivity index (χ1) is 13.6. The summed E-state index contributed by atoms with van der Waals surface area (Å²) in [5.74, 6) is 1.60. The van der Waals surface area contributed by atoms with E-state index in [-0.39, 0.29) is 11.9 Å². The second kappa shape index (κ2) is 7.59. The number of nitrogens with zero attached hydrogens (tertiary/aromatic N) is 3. The number of nitrogens with one attached hydrogen (secondary N) is 1. The Labute approximate surface area is 168 Å². The molecule has 144 valence electrons. The summed E-state index contributed by atoms with van der Waals surface area (Å²) in [5, 5.41) is 7.19. The number of benzene rings is 2. The highest BCUT2D eigenvalue weighted by molar-refractivity contribution is 7.71. The van der Waals surface area contributed by atoms with E-state index in [1.54, 1.807) is 7.11 Å². The molecule has 1 aliphatic heterocycles. The summed E-state index contributed by atoms with van der Waals surface area (Å²) in [5.41, 5.74) is 3.16. The fourth-order valence-corrected chi connectivity index (χ4v) is 3.98. The lowest BCUT2D eigenvalue weighted by molar-refractivity contribution is -0.119. The van der Waals surface area contributed by atoms with Gasteiger partial charge in [-0.2, -0.15) is 5.10 Å². The summed E-state index contributed by atoms with van der Waals surface area (Å²) < 4.78 is 7.59. The van der Waals surface area contributed by atoms with Gasteiger partial charge in [-0.25, -0.2) is 0 Å². The molecule has 0 fully saturated rings. The number of aromatic amines is 1. The topological polar surface area (TPSA) is 63.1 Å². The van der Waals surface area contributed by atoms with Crippen molar-refractivity contribution in [1.82, 2.24) is 14.8 Å². The molecule has 2 aromatic carbocycles. The number of hydrogen-bond donors (Lipinski definition) is 1. The predicted octanol–water partition coefficient (Wildman–Crippen LogP) is 3.98. The van der Waals surface area contributed by atoms with Crippen molar-refractivity contribution in [2.45, 2.75) is 32.4 Å². The molecular formula is C21H22N4O2S. The standard InChI is InChI=1S/C21H22N4O2S/c1-14-13-16-5-3-4-6-18(16)25(14)19(26)11-12-24-20(22-23-21(24)28)15-7-9-17(27-2)10-8-15/h3-10,14H,11-13H2,1-2H3,(H,23,28). The van der Waals surface area contributed by atoms with Gasteiger partial charge in [-0.15, -0.1) is 0 Å². The lowest BCUT2D eigenvalue weighted by atomic mass is 10.1. The summed E-state index contributed by atoms with van der Waals surface area (Å²) in [7, 11) is 1.63. The number of amides is 1. The van der Waals surface area contributed by atoms with E-state index in [0.717, 1.165) is 29.2 Å². The molecule has 1 aliphatic rings. The van der Waals surface area contributed by atoms with E-state index in [2.05, 4.69) is 23.2 Å². The fourth-order valence-electron chi connectivity index (χ4n) is 3.76. The van der Waals surface area contributed by atoms with Crippen LogP contribution in [0.1, 0.15) is 18.9 Å². The number of methoxy groups -OCH3 is 1. The average molecular weight is 395 g/mol. The Morgan fingerprint density at radius 2 is 2.00 bits per heavy atom. The highest BCUT2D eigenvalue weighted by atomic mass is 32.1. The normalized spacial score (nSPS) is 15.5. The van der Waals surface area contributed by atoms with Crippen molar-refractivity contribution in [1.29, 1.82) is 0 Å². The fraction of sp³-hybridized carbons (Fsp3) is 0.286. The van der Waals surface area contributed by atoms with Crippen LogP contribution in [-0.2, 0) is 17.8 Å². The Bertz CT molecular complexity index is 1050. The van der Waals surface area contributed by atoms with Gasteiger partial charge in [0, 0.05) is 30.3 Å². The Morgan fingerprint density at radius 3 is 2.75 bits per heavy atom. The van der Waals surface area contributed by atoms with Gasteiger partial charge in [-0.1, -0.05) is 18.2 Å². The Balaban J connectivity index is 1.53. The molecule has 28 heavy (non-hydrogen) atoms. The molecule has 1 N–H and O–H groups in total. The van der Waals surface area contributed by atoms with Crippen LogP contribution in [0.15, 0.2) is 48.5 Å². The number of carbonyl (C=O) groups is 1. The van der Waals surface area contributed by atoms with E-state index in [4.69, 9.17) is 17.0 Å². The Morgan fingerprint density at radius 1 is 1.25 bits per heavy atom. The zero-order valence-corrected chi connectivity index (χ0v) is 16.7. The van der Waals surface area contributed by atoms with Crippen molar-refractivity contribution in [3.63, 3.8) is 0 Å². The van der Waals surface area contributed by atoms with E-state index < -0.39 is 0 Å². The summed E-state index contributed by atoms with van der Waals surface area (Å²) in [6, 6.07) is 15.9. The SMILES string of the molecule is COc1ccc(-c2n[nH]c(=S)n2CCC(=O)N2c3ccccc3CC2C)cc1. The number of carbonyl (C=O) groups excluding carboxylic acids is 1. The molecule has 0 radical (unpaired) electrons. The third-order valence-corrected chi connectivity index (χ3v) is 5.44. The second-order valence-electron chi connectivity index (χ2n) is 6.93. The molecule has 1 aromatic heterocycles. The molecule has 0 bridgehead atoms. The lowest BCUT2D eigenvalue weighted by Crippen LogP contribution is -2.36. The predicted molar refractivity (Wildman–Crippen MR) is 111 cm³/mol. The quantitative estimate of drug-likeness (QED) is 0.665. The molecule has 3 aromatic rings. The maximum atomic E-state index is 13.0. The van der Waals surface area contributed by atoms with Gasteiger partial charge >= 0.3 is 0 Å². The number of ether oxygens (including phenoxy) is 1.